The summed E-state index contributed by atoms with van der Waals surface area (Å²) in [4.78, 5) is 5.94. The van der Waals surface area contributed by atoms with E-state index in [1.165, 1.54) is 0 Å². The third-order valence-electron chi connectivity index (χ3n) is 2.49. The normalized spacial score (nSPS) is 8.05. The first-order chi connectivity index (χ1) is 8.92. The first-order valence-corrected chi connectivity index (χ1v) is 6.88. The Hall–Kier alpha value is -1.00. The topological polar surface area (TPSA) is 30.0 Å². The lowest BCUT2D eigenvalue weighted by molar-refractivity contribution is 0.138. The molecule has 0 aliphatic heterocycles. The lowest BCUT2D eigenvalue weighted by Gasteiger charge is -2.07. The molecule has 0 spiro atoms. The summed E-state index contributed by atoms with van der Waals surface area (Å²) >= 11 is 0. The summed E-state index contributed by atoms with van der Waals surface area (Å²) in [6.45, 7) is 15.0. The molecule has 0 rings (SSSR count). The van der Waals surface area contributed by atoms with Crippen LogP contribution in [0.25, 0.3) is 0 Å². The van der Waals surface area contributed by atoms with Crippen LogP contribution in [0.1, 0.15) is 50.0 Å². The molecule has 0 saturated heterocycles. The van der Waals surface area contributed by atoms with Gasteiger partial charge >= 0.3 is 0 Å². The number of rotatable bonds is 6. The van der Waals surface area contributed by atoms with Crippen molar-refractivity contribution in [2.45, 2.75) is 50.0 Å². The molecule has 0 aliphatic rings. The van der Waals surface area contributed by atoms with Gasteiger partial charge in [-0.2, -0.15) is 0 Å². The van der Waals surface area contributed by atoms with E-state index in [0.717, 1.165) is 19.6 Å². The van der Waals surface area contributed by atoms with E-state index in [1.54, 1.807) is 11.1 Å². The highest BCUT2D eigenvalue weighted by Gasteiger charge is 1.83. The van der Waals surface area contributed by atoms with E-state index in [0.29, 0.717) is 0 Å². The molecule has 0 radical (unpaired) electrons. The van der Waals surface area contributed by atoms with Crippen molar-refractivity contribution in [1.29, 1.82) is 0 Å². The van der Waals surface area contributed by atoms with Gasteiger partial charge in [-0.25, -0.2) is 0 Å². The Labute approximate surface area is 143 Å². The van der Waals surface area contributed by atoms with E-state index in [-0.39, 0.29) is 29.0 Å². The first kappa shape index (κ1) is 37.3. The second-order valence-corrected chi connectivity index (χ2v) is 4.13. The number of hydrogen-bond donors (Lipinski definition) is 1. The molecular formula is C18H47N3O. The highest BCUT2D eigenvalue weighted by atomic mass is 16.3. The summed E-state index contributed by atoms with van der Waals surface area (Å²) in [6.07, 6.45) is 5.89. The first-order valence-electron chi connectivity index (χ1n) is 6.88. The van der Waals surface area contributed by atoms with Gasteiger partial charge in [-0.05, 0) is 46.8 Å². The molecule has 1 N–H and O–H groups in total. The summed E-state index contributed by atoms with van der Waals surface area (Å²) < 4.78 is 0. The molecule has 0 fully saturated rings. The Balaban J connectivity index is -0.0000000410. The van der Waals surface area contributed by atoms with Crippen molar-refractivity contribution >= 4 is 0 Å². The van der Waals surface area contributed by atoms with Crippen LogP contribution in [0.2, 0.25) is 0 Å². The lowest BCUT2D eigenvalue weighted by Crippen LogP contribution is -2.17. The molecule has 0 amide bonds. The summed E-state index contributed by atoms with van der Waals surface area (Å²) in [6, 6.07) is 0. The monoisotopic (exact) mass is 321 g/mol. The molecule has 0 unspecified atom stereocenters. The van der Waals surface area contributed by atoms with Gasteiger partial charge in [0.05, 0.1) is 6.73 Å². The predicted octanol–water partition coefficient (Wildman–Crippen LogP) is 4.35. The van der Waals surface area contributed by atoms with Gasteiger partial charge in [-0.15, -0.1) is 0 Å². The van der Waals surface area contributed by atoms with E-state index in [2.05, 4.69) is 38.6 Å². The van der Waals surface area contributed by atoms with E-state index < -0.39 is 0 Å². The molecule has 0 bridgehead atoms. The minimum absolute atomic E-state index is 0. The Kier molecular flexibility index (Phi) is 54.5. The van der Waals surface area contributed by atoms with Crippen molar-refractivity contribution in [2.75, 3.05) is 47.5 Å². The van der Waals surface area contributed by atoms with Crippen LogP contribution in [0.4, 0.5) is 0 Å². The van der Waals surface area contributed by atoms with Gasteiger partial charge in [-0.3, -0.25) is 4.90 Å². The van der Waals surface area contributed by atoms with Crippen molar-refractivity contribution in [1.82, 2.24) is 14.7 Å². The van der Waals surface area contributed by atoms with Crippen LogP contribution >= 0.6 is 0 Å². The van der Waals surface area contributed by atoms with Crippen LogP contribution in [0.15, 0.2) is 25.1 Å². The maximum atomic E-state index is 8.26. The fourth-order valence-corrected chi connectivity index (χ4v) is 0.589. The number of aliphatic hydroxyl groups excluding tert-OH is 1. The van der Waals surface area contributed by atoms with Crippen molar-refractivity contribution < 1.29 is 5.11 Å². The summed E-state index contributed by atoms with van der Waals surface area (Å²) in [5, 5.41) is 8.26. The van der Waals surface area contributed by atoms with Crippen molar-refractivity contribution in [3.05, 3.63) is 25.1 Å². The standard InChI is InChI=1S/C6H13N.C5H11N.C4H11NO.3CH4/c1-4-6-7(3)5-2;1-4-6(3)5-2;1-3-5(2)4-6;;;/h4,6H,5H2,1-3H3;4H,1,5H2,2-3H3;6H,3-4H2,1-2H3;3*1H4. The van der Waals surface area contributed by atoms with Crippen LogP contribution in [-0.2, 0) is 0 Å². The fraction of sp³-hybridized carbons (Fsp3) is 0.778. The van der Waals surface area contributed by atoms with Crippen LogP contribution in [-0.4, -0.2) is 67.3 Å². The van der Waals surface area contributed by atoms with Gasteiger partial charge in [0, 0.05) is 27.2 Å². The number of nitrogens with zero attached hydrogens (tertiary/aromatic N) is 3. The van der Waals surface area contributed by atoms with Gasteiger partial charge in [0.1, 0.15) is 0 Å². The minimum atomic E-state index is 0. The summed E-state index contributed by atoms with van der Waals surface area (Å²) in [7, 11) is 5.91. The molecule has 0 heterocycles. The Bertz CT molecular complexity index is 193. The highest BCUT2D eigenvalue weighted by molar-refractivity contribution is 4.74. The Morgan fingerprint density at radius 2 is 1.27 bits per heavy atom. The Morgan fingerprint density at radius 1 is 0.864 bits per heavy atom. The van der Waals surface area contributed by atoms with Gasteiger partial charge in [-0.1, -0.05) is 41.9 Å². The zero-order valence-electron chi connectivity index (χ0n) is 14.1. The molecule has 0 atom stereocenters. The predicted molar refractivity (Wildman–Crippen MR) is 107 cm³/mol. The van der Waals surface area contributed by atoms with E-state index in [1.807, 2.05) is 38.9 Å². The third-order valence-corrected chi connectivity index (χ3v) is 2.49. The second kappa shape index (κ2) is 32.1. The molecule has 0 saturated carbocycles. The molecule has 0 aliphatic carbocycles. The average Bonchev–Trinajstić information content (AvgIpc) is 2.46. The maximum Gasteiger partial charge on any atom is 0.0953 e. The average molecular weight is 322 g/mol. The summed E-state index contributed by atoms with van der Waals surface area (Å²) in [5.41, 5.74) is 0. The molecule has 4 heteroatoms. The molecule has 0 aromatic rings. The zero-order chi connectivity index (χ0) is 15.7. The maximum absolute atomic E-state index is 8.26. The van der Waals surface area contributed by atoms with E-state index >= 15 is 0 Å². The van der Waals surface area contributed by atoms with Gasteiger partial charge in [0.2, 0.25) is 0 Å². The summed E-state index contributed by atoms with van der Waals surface area (Å²) in [5.74, 6) is 0. The molecule has 140 valence electrons. The number of hydrogen-bond acceptors (Lipinski definition) is 4. The smallest absolute Gasteiger partial charge is 0.0953 e. The minimum Gasteiger partial charge on any atom is -0.381 e. The highest BCUT2D eigenvalue weighted by Crippen LogP contribution is 1.79. The van der Waals surface area contributed by atoms with Crippen LogP contribution in [0.5, 0.6) is 0 Å². The van der Waals surface area contributed by atoms with Crippen molar-refractivity contribution in [2.24, 2.45) is 0 Å². The molecule has 0 aromatic carbocycles. The zero-order valence-corrected chi connectivity index (χ0v) is 14.1. The molecule has 4 nitrogen and oxygen atoms in total. The number of aliphatic hydroxyl groups is 1. The van der Waals surface area contributed by atoms with Gasteiger partial charge in [0.15, 0.2) is 0 Å². The third kappa shape index (κ3) is 42.8. The van der Waals surface area contributed by atoms with E-state index in [9.17, 15) is 0 Å². The van der Waals surface area contributed by atoms with Gasteiger partial charge < -0.3 is 14.9 Å². The number of allylic oxidation sites excluding steroid dienone is 1. The Morgan fingerprint density at radius 3 is 1.32 bits per heavy atom. The lowest BCUT2D eigenvalue weighted by atomic mass is 10.6. The SMILES string of the molecule is C.C.C.C=CN(C)CC.CC=CN(C)CC.CCN(C)CO. The largest absolute Gasteiger partial charge is 0.381 e. The van der Waals surface area contributed by atoms with Crippen molar-refractivity contribution in [3.63, 3.8) is 0 Å². The van der Waals surface area contributed by atoms with Gasteiger partial charge in [0.25, 0.3) is 0 Å². The quantitative estimate of drug-likeness (QED) is 0.737. The van der Waals surface area contributed by atoms with Crippen LogP contribution in [0, 0.1) is 0 Å². The van der Waals surface area contributed by atoms with Crippen LogP contribution in [0.3, 0.4) is 0 Å². The van der Waals surface area contributed by atoms with Crippen molar-refractivity contribution in [3.8, 4) is 0 Å². The second-order valence-electron chi connectivity index (χ2n) is 4.13. The molecule has 0 aromatic heterocycles. The van der Waals surface area contributed by atoms with E-state index in [4.69, 9.17) is 5.11 Å². The molecular weight excluding hydrogens is 274 g/mol. The molecule has 22 heavy (non-hydrogen) atoms. The fourth-order valence-electron chi connectivity index (χ4n) is 0.589. The van der Waals surface area contributed by atoms with Crippen LogP contribution < -0.4 is 0 Å².